The van der Waals surface area contributed by atoms with E-state index in [2.05, 4.69) is 19.1 Å². The van der Waals surface area contributed by atoms with Crippen molar-refractivity contribution < 1.29 is 33.0 Å². The summed E-state index contributed by atoms with van der Waals surface area (Å²) < 4.78 is 34.2. The van der Waals surface area contributed by atoms with E-state index in [0.717, 1.165) is 38.5 Å². The van der Waals surface area contributed by atoms with Crippen LogP contribution in [-0.4, -0.2) is 41.5 Å². The van der Waals surface area contributed by atoms with E-state index in [-0.39, 0.29) is 13.0 Å². The summed E-state index contributed by atoms with van der Waals surface area (Å²) in [6.07, 6.45) is 18.8. The summed E-state index contributed by atoms with van der Waals surface area (Å²) >= 11 is 0. The maximum atomic E-state index is 13.4. The largest absolute Gasteiger partial charge is 0.463 e. The molecule has 0 radical (unpaired) electrons. The standard InChI is InChI=1S/C23H44FO6P/c1-3-4-5-6-7-8-9-10-11-12-13-14-15-16-17-18-23(25)30-20-21(29-2)19-22(24)31(26,27)28/h10-11,21-22H,3-9,12-20H2,1-2H3,(H2,26,27,28)/b11-10+/t21-,22?/m0/s1. The van der Waals surface area contributed by atoms with E-state index in [0.29, 0.717) is 0 Å². The second kappa shape index (κ2) is 19.9. The lowest BCUT2D eigenvalue weighted by molar-refractivity contribution is -0.147. The fraction of sp³-hybridized carbons (Fsp3) is 0.870. The van der Waals surface area contributed by atoms with E-state index in [1.807, 2.05) is 0 Å². The molecule has 0 spiro atoms. The topological polar surface area (TPSA) is 93.1 Å². The lowest BCUT2D eigenvalue weighted by Gasteiger charge is -2.18. The molecule has 0 saturated carbocycles. The molecule has 6 nitrogen and oxygen atoms in total. The molecule has 184 valence electrons. The van der Waals surface area contributed by atoms with Crippen LogP contribution in [0.1, 0.15) is 103 Å². The molecule has 2 atom stereocenters. The number of rotatable bonds is 21. The SMILES string of the molecule is CCCCCCCC/C=C/CCCCCCCC(=O)OC[C@H](CC(F)P(=O)(O)O)OC. The van der Waals surface area contributed by atoms with Gasteiger partial charge in [-0.3, -0.25) is 9.36 Å². The molecule has 2 N–H and O–H groups in total. The first kappa shape index (κ1) is 30.2. The molecule has 0 aliphatic carbocycles. The van der Waals surface area contributed by atoms with Crippen molar-refractivity contribution in [3.05, 3.63) is 12.2 Å². The van der Waals surface area contributed by atoms with Crippen molar-refractivity contribution >= 4 is 13.6 Å². The Hall–Kier alpha value is -0.750. The van der Waals surface area contributed by atoms with Crippen LogP contribution >= 0.6 is 7.60 Å². The van der Waals surface area contributed by atoms with Crippen LogP contribution in [0.4, 0.5) is 4.39 Å². The highest BCUT2D eigenvalue weighted by Gasteiger charge is 2.31. The van der Waals surface area contributed by atoms with Gasteiger partial charge in [0.1, 0.15) is 6.61 Å². The number of halogens is 1. The highest BCUT2D eigenvalue weighted by molar-refractivity contribution is 7.52. The second-order valence-electron chi connectivity index (χ2n) is 8.13. The quantitative estimate of drug-likeness (QED) is 0.0874. The molecular formula is C23H44FO6P. The molecule has 0 fully saturated rings. The molecule has 0 aromatic rings. The van der Waals surface area contributed by atoms with Crippen LogP contribution in [0, 0.1) is 0 Å². The van der Waals surface area contributed by atoms with Crippen molar-refractivity contribution in [3.63, 3.8) is 0 Å². The van der Waals surface area contributed by atoms with Crippen molar-refractivity contribution in [2.24, 2.45) is 0 Å². The average molecular weight is 467 g/mol. The number of carbonyl (C=O) groups excluding carboxylic acids is 1. The van der Waals surface area contributed by atoms with Crippen molar-refractivity contribution in [3.8, 4) is 0 Å². The summed E-state index contributed by atoms with van der Waals surface area (Å²) in [5, 5.41) is 0. The van der Waals surface area contributed by atoms with Crippen LogP contribution in [0.5, 0.6) is 0 Å². The minimum Gasteiger partial charge on any atom is -0.463 e. The van der Waals surface area contributed by atoms with Gasteiger partial charge in [-0.2, -0.15) is 0 Å². The van der Waals surface area contributed by atoms with Gasteiger partial charge in [0, 0.05) is 20.0 Å². The van der Waals surface area contributed by atoms with Crippen LogP contribution in [0.25, 0.3) is 0 Å². The molecule has 31 heavy (non-hydrogen) atoms. The molecule has 0 aromatic heterocycles. The van der Waals surface area contributed by atoms with Crippen LogP contribution in [0.15, 0.2) is 12.2 Å². The number of ether oxygens (including phenoxy) is 2. The first-order chi connectivity index (χ1) is 14.8. The van der Waals surface area contributed by atoms with E-state index in [1.54, 1.807) is 0 Å². The highest BCUT2D eigenvalue weighted by atomic mass is 31.2. The third kappa shape index (κ3) is 19.6. The highest BCUT2D eigenvalue weighted by Crippen LogP contribution is 2.44. The minimum atomic E-state index is -4.81. The number of hydrogen-bond donors (Lipinski definition) is 2. The Labute approximate surface area is 188 Å². The normalized spacial score (nSPS) is 14.1. The van der Waals surface area contributed by atoms with Gasteiger partial charge in [0.05, 0.1) is 6.10 Å². The molecule has 0 saturated heterocycles. The zero-order valence-electron chi connectivity index (χ0n) is 19.5. The average Bonchev–Trinajstić information content (AvgIpc) is 2.72. The van der Waals surface area contributed by atoms with Crippen molar-refractivity contribution in [1.29, 1.82) is 0 Å². The number of unbranched alkanes of at least 4 members (excludes halogenated alkanes) is 11. The lowest BCUT2D eigenvalue weighted by atomic mass is 10.1. The number of alkyl halides is 1. The first-order valence-electron chi connectivity index (χ1n) is 11.8. The van der Waals surface area contributed by atoms with Gasteiger partial charge in [-0.1, -0.05) is 70.4 Å². The van der Waals surface area contributed by atoms with E-state index in [4.69, 9.17) is 19.3 Å². The minimum absolute atomic E-state index is 0.208. The molecular weight excluding hydrogens is 422 g/mol. The van der Waals surface area contributed by atoms with E-state index >= 15 is 0 Å². The Balaban J connectivity index is 3.57. The molecule has 0 aliphatic rings. The first-order valence-corrected chi connectivity index (χ1v) is 13.5. The molecule has 0 heterocycles. The van der Waals surface area contributed by atoms with Gasteiger partial charge in [-0.15, -0.1) is 0 Å². The van der Waals surface area contributed by atoms with Crippen LogP contribution in [0.3, 0.4) is 0 Å². The maximum Gasteiger partial charge on any atom is 0.359 e. The molecule has 8 heteroatoms. The Bertz CT molecular complexity index is 508. The smallest absolute Gasteiger partial charge is 0.359 e. The van der Waals surface area contributed by atoms with Crippen molar-refractivity contribution in [2.45, 2.75) is 115 Å². The Morgan fingerprint density at radius 2 is 1.45 bits per heavy atom. The predicted molar refractivity (Wildman–Crippen MR) is 123 cm³/mol. The van der Waals surface area contributed by atoms with Gasteiger partial charge in [0.15, 0.2) is 0 Å². The summed E-state index contributed by atoms with van der Waals surface area (Å²) in [5.41, 5.74) is 0. The number of carbonyl (C=O) groups is 1. The maximum absolute atomic E-state index is 13.4. The summed E-state index contributed by atoms with van der Waals surface area (Å²) in [6, 6.07) is 0. The molecule has 0 amide bonds. The van der Waals surface area contributed by atoms with E-state index in [1.165, 1.54) is 52.1 Å². The predicted octanol–water partition coefficient (Wildman–Crippen LogP) is 6.45. The Morgan fingerprint density at radius 3 is 1.97 bits per heavy atom. The third-order valence-electron chi connectivity index (χ3n) is 5.23. The van der Waals surface area contributed by atoms with Crippen LogP contribution in [0.2, 0.25) is 0 Å². The van der Waals surface area contributed by atoms with E-state index in [9.17, 15) is 13.8 Å². The third-order valence-corrected chi connectivity index (χ3v) is 6.17. The summed E-state index contributed by atoms with van der Waals surface area (Å²) in [7, 11) is -3.52. The number of esters is 1. The summed E-state index contributed by atoms with van der Waals surface area (Å²) in [6.45, 7) is 2.03. The van der Waals surface area contributed by atoms with Gasteiger partial charge in [0.25, 0.3) is 0 Å². The van der Waals surface area contributed by atoms with Crippen LogP contribution < -0.4 is 0 Å². The fourth-order valence-corrected chi connectivity index (χ4v) is 3.69. The second-order valence-corrected chi connectivity index (χ2v) is 9.87. The Morgan fingerprint density at radius 1 is 0.935 bits per heavy atom. The molecule has 1 unspecified atom stereocenters. The molecule has 0 aromatic carbocycles. The monoisotopic (exact) mass is 466 g/mol. The zero-order chi connectivity index (χ0) is 23.4. The van der Waals surface area contributed by atoms with Crippen molar-refractivity contribution in [2.75, 3.05) is 13.7 Å². The molecule has 0 rings (SSSR count). The number of methoxy groups -OCH3 is 1. The van der Waals surface area contributed by atoms with E-state index < -0.39 is 32.0 Å². The molecule has 0 bridgehead atoms. The zero-order valence-corrected chi connectivity index (χ0v) is 20.4. The lowest BCUT2D eigenvalue weighted by Crippen LogP contribution is -2.24. The van der Waals surface area contributed by atoms with Gasteiger partial charge in [-0.25, -0.2) is 4.39 Å². The number of hydrogen-bond acceptors (Lipinski definition) is 4. The van der Waals surface area contributed by atoms with Crippen LogP contribution in [-0.2, 0) is 18.8 Å². The van der Waals surface area contributed by atoms with Gasteiger partial charge >= 0.3 is 13.6 Å². The number of allylic oxidation sites excluding steroid dienone is 2. The molecule has 0 aliphatic heterocycles. The Kier molecular flexibility index (Phi) is 19.4. The summed E-state index contributed by atoms with van der Waals surface area (Å²) in [5.74, 6) is -2.71. The van der Waals surface area contributed by atoms with Gasteiger partial charge in [-0.05, 0) is 32.1 Å². The van der Waals surface area contributed by atoms with Gasteiger partial charge < -0.3 is 19.3 Å². The fourth-order valence-electron chi connectivity index (χ4n) is 3.18. The summed E-state index contributed by atoms with van der Waals surface area (Å²) in [4.78, 5) is 29.3. The van der Waals surface area contributed by atoms with Gasteiger partial charge in [0.2, 0.25) is 5.91 Å². The van der Waals surface area contributed by atoms with Crippen molar-refractivity contribution in [1.82, 2.24) is 0 Å².